The molecule has 1 aromatic rings. The number of fused-ring (bicyclic) bond motifs is 1. The van der Waals surface area contributed by atoms with Crippen LogP contribution in [0.3, 0.4) is 0 Å². The van der Waals surface area contributed by atoms with Crippen molar-refractivity contribution in [3.05, 3.63) is 27.7 Å². The van der Waals surface area contributed by atoms with Crippen LogP contribution in [0.5, 0.6) is 5.75 Å². The maximum Gasteiger partial charge on any atom is 0.373 e. The van der Waals surface area contributed by atoms with Gasteiger partial charge in [0.1, 0.15) is 11.4 Å². The molecule has 0 saturated heterocycles. The van der Waals surface area contributed by atoms with Crippen LogP contribution >= 0.6 is 23.2 Å². The number of rotatable bonds is 3. The van der Waals surface area contributed by atoms with Crippen molar-refractivity contribution in [1.29, 1.82) is 0 Å². The maximum atomic E-state index is 11.9. The van der Waals surface area contributed by atoms with Crippen molar-refractivity contribution < 1.29 is 19.4 Å². The van der Waals surface area contributed by atoms with Gasteiger partial charge in [-0.1, -0.05) is 61.7 Å². The minimum atomic E-state index is -1.33. The van der Waals surface area contributed by atoms with Crippen LogP contribution in [0.4, 0.5) is 0 Å². The Bertz CT molecular complexity index is 690. The molecule has 2 aliphatic carbocycles. The van der Waals surface area contributed by atoms with E-state index in [0.717, 1.165) is 56.9 Å². The molecule has 6 heteroatoms. The molecule has 0 spiro atoms. The number of hydrogen-bond acceptors (Lipinski definition) is 3. The van der Waals surface area contributed by atoms with Crippen molar-refractivity contribution in [2.45, 2.75) is 76.1 Å². The standard InChI is InChI=1S/C21H26Cl2O4/c22-15-11-16-18(17(23)12-15)26-20(19(24)25)27-21(16,13-7-3-1-4-8-13)14-9-5-2-6-10-14/h11-14,20H,1-10H2,(H,24,25)/t20-/m1/s1. The van der Waals surface area contributed by atoms with E-state index in [2.05, 4.69) is 0 Å². The Hall–Kier alpha value is -0.970. The Morgan fingerprint density at radius 3 is 2.04 bits per heavy atom. The first kappa shape index (κ1) is 19.4. The molecular weight excluding hydrogens is 387 g/mol. The molecule has 148 valence electrons. The van der Waals surface area contributed by atoms with Gasteiger partial charge in [-0.15, -0.1) is 0 Å². The summed E-state index contributed by atoms with van der Waals surface area (Å²) >= 11 is 12.8. The van der Waals surface area contributed by atoms with E-state index in [1.807, 2.05) is 6.07 Å². The third-order valence-corrected chi connectivity index (χ3v) is 7.08. The van der Waals surface area contributed by atoms with Crippen molar-refractivity contribution in [1.82, 2.24) is 0 Å². The van der Waals surface area contributed by atoms with E-state index >= 15 is 0 Å². The lowest BCUT2D eigenvalue weighted by Gasteiger charge is -2.52. The molecule has 0 amide bonds. The molecule has 1 atom stereocenters. The second-order valence-corrected chi connectivity index (χ2v) is 8.98. The third-order valence-electron chi connectivity index (χ3n) is 6.58. The van der Waals surface area contributed by atoms with Gasteiger partial charge in [0.15, 0.2) is 0 Å². The number of halogens is 2. The summed E-state index contributed by atoms with van der Waals surface area (Å²) in [6.45, 7) is 0. The predicted octanol–water partition coefficient (Wildman–Crippen LogP) is 6.17. The van der Waals surface area contributed by atoms with Gasteiger partial charge in [-0.2, -0.15) is 0 Å². The van der Waals surface area contributed by atoms with Crippen LogP contribution in [0.1, 0.15) is 69.8 Å². The normalized spacial score (nSPS) is 26.2. The van der Waals surface area contributed by atoms with Crippen LogP contribution < -0.4 is 4.74 Å². The van der Waals surface area contributed by atoms with Crippen molar-refractivity contribution in [2.75, 3.05) is 0 Å². The topological polar surface area (TPSA) is 55.8 Å². The monoisotopic (exact) mass is 412 g/mol. The van der Waals surface area contributed by atoms with Gasteiger partial charge in [0.05, 0.1) is 5.02 Å². The quantitative estimate of drug-likeness (QED) is 0.644. The molecule has 0 unspecified atom stereocenters. The second kappa shape index (κ2) is 7.81. The molecule has 0 aromatic heterocycles. The summed E-state index contributed by atoms with van der Waals surface area (Å²) in [5, 5.41) is 10.6. The molecule has 3 aliphatic rings. The van der Waals surface area contributed by atoms with Crippen molar-refractivity contribution in [3.63, 3.8) is 0 Å². The molecule has 27 heavy (non-hydrogen) atoms. The Kier molecular flexibility index (Phi) is 5.59. The molecule has 1 N–H and O–H groups in total. The highest BCUT2D eigenvalue weighted by Gasteiger charge is 2.55. The van der Waals surface area contributed by atoms with Crippen LogP contribution in [0.2, 0.25) is 10.0 Å². The van der Waals surface area contributed by atoms with Gasteiger partial charge < -0.3 is 14.6 Å². The van der Waals surface area contributed by atoms with Gasteiger partial charge in [0.2, 0.25) is 0 Å². The van der Waals surface area contributed by atoms with E-state index in [4.69, 9.17) is 32.7 Å². The summed E-state index contributed by atoms with van der Waals surface area (Å²) < 4.78 is 12.1. The van der Waals surface area contributed by atoms with Crippen LogP contribution in [0.15, 0.2) is 12.1 Å². The van der Waals surface area contributed by atoms with E-state index in [-0.39, 0.29) is 11.8 Å². The van der Waals surface area contributed by atoms with Crippen molar-refractivity contribution in [2.24, 2.45) is 11.8 Å². The van der Waals surface area contributed by atoms with Gasteiger partial charge >= 0.3 is 5.97 Å². The zero-order valence-corrected chi connectivity index (χ0v) is 16.9. The second-order valence-electron chi connectivity index (χ2n) is 8.13. The smallest absolute Gasteiger partial charge is 0.373 e. The molecule has 1 heterocycles. The van der Waals surface area contributed by atoms with Crippen LogP contribution in [-0.2, 0) is 15.1 Å². The summed E-state index contributed by atoms with van der Waals surface area (Å²) in [6.07, 6.45) is 9.82. The summed E-state index contributed by atoms with van der Waals surface area (Å²) in [5.74, 6) is -0.153. The summed E-state index contributed by atoms with van der Waals surface area (Å²) in [5.41, 5.74) is 0.169. The molecule has 4 nitrogen and oxygen atoms in total. The predicted molar refractivity (Wildman–Crippen MR) is 104 cm³/mol. The zero-order chi connectivity index (χ0) is 19.0. The lowest BCUT2D eigenvalue weighted by Crippen LogP contribution is -2.54. The number of ether oxygens (including phenoxy) is 2. The number of hydrogen-bond donors (Lipinski definition) is 1. The number of carboxylic acid groups (broad SMARTS) is 1. The highest BCUT2D eigenvalue weighted by Crippen LogP contribution is 2.57. The Balaban J connectivity index is 1.90. The molecule has 1 aliphatic heterocycles. The fraction of sp³-hybridized carbons (Fsp3) is 0.667. The van der Waals surface area contributed by atoms with Gasteiger partial charge in [-0.3, -0.25) is 0 Å². The average molecular weight is 413 g/mol. The Morgan fingerprint density at radius 2 is 1.52 bits per heavy atom. The maximum absolute atomic E-state index is 11.9. The summed E-state index contributed by atoms with van der Waals surface area (Å²) in [6, 6.07) is 3.52. The van der Waals surface area contributed by atoms with Crippen LogP contribution in [0, 0.1) is 11.8 Å². The molecular formula is C21H26Cl2O4. The summed E-state index contributed by atoms with van der Waals surface area (Å²) in [7, 11) is 0. The lowest BCUT2D eigenvalue weighted by atomic mass is 9.63. The molecule has 2 fully saturated rings. The number of aliphatic carboxylic acids is 1. The minimum Gasteiger partial charge on any atom is -0.477 e. The van der Waals surface area contributed by atoms with Gasteiger partial charge in [0.25, 0.3) is 6.29 Å². The molecule has 0 radical (unpaired) electrons. The van der Waals surface area contributed by atoms with Crippen LogP contribution in [0.25, 0.3) is 0 Å². The SMILES string of the molecule is O=C(O)[C@@H]1Oc2c(Cl)cc(Cl)cc2C(C2CCCCC2)(C2CCCCC2)O1. The Morgan fingerprint density at radius 1 is 0.963 bits per heavy atom. The molecule has 2 saturated carbocycles. The highest BCUT2D eigenvalue weighted by molar-refractivity contribution is 6.35. The van der Waals surface area contributed by atoms with Crippen LogP contribution in [-0.4, -0.2) is 17.4 Å². The zero-order valence-electron chi connectivity index (χ0n) is 15.4. The number of carbonyl (C=O) groups is 1. The number of carboxylic acids is 1. The van der Waals surface area contributed by atoms with E-state index in [1.54, 1.807) is 6.07 Å². The van der Waals surface area contributed by atoms with Gasteiger partial charge in [0, 0.05) is 10.6 Å². The molecule has 0 bridgehead atoms. The highest BCUT2D eigenvalue weighted by atomic mass is 35.5. The van der Waals surface area contributed by atoms with E-state index in [1.165, 1.54) is 12.8 Å². The van der Waals surface area contributed by atoms with Gasteiger partial charge in [-0.05, 0) is 49.7 Å². The van der Waals surface area contributed by atoms with E-state index < -0.39 is 17.9 Å². The van der Waals surface area contributed by atoms with Crippen molar-refractivity contribution in [3.8, 4) is 5.75 Å². The Labute approximate surface area is 170 Å². The first-order valence-corrected chi connectivity index (χ1v) is 10.8. The largest absolute Gasteiger partial charge is 0.477 e. The summed E-state index contributed by atoms with van der Waals surface area (Å²) in [4.78, 5) is 11.9. The average Bonchev–Trinajstić information content (AvgIpc) is 2.68. The molecule has 1 aromatic carbocycles. The minimum absolute atomic E-state index is 0.258. The first-order chi connectivity index (χ1) is 13.0. The third kappa shape index (κ3) is 3.45. The fourth-order valence-corrected chi connectivity index (χ4v) is 6.01. The molecule has 4 rings (SSSR count). The van der Waals surface area contributed by atoms with Crippen molar-refractivity contribution >= 4 is 29.2 Å². The first-order valence-electron chi connectivity index (χ1n) is 10.1. The van der Waals surface area contributed by atoms with Gasteiger partial charge in [-0.25, -0.2) is 4.79 Å². The fourth-order valence-electron chi connectivity index (χ4n) is 5.47. The van der Waals surface area contributed by atoms with E-state index in [0.29, 0.717) is 15.8 Å². The van der Waals surface area contributed by atoms with E-state index in [9.17, 15) is 9.90 Å². The lowest BCUT2D eigenvalue weighted by molar-refractivity contribution is -0.251. The number of benzene rings is 1.